The van der Waals surface area contributed by atoms with E-state index in [1.165, 1.54) is 4.52 Å². The Morgan fingerprint density at radius 2 is 2.18 bits per heavy atom. The van der Waals surface area contributed by atoms with Crippen LogP contribution in [0.3, 0.4) is 0 Å². The van der Waals surface area contributed by atoms with Crippen molar-refractivity contribution >= 4 is 5.78 Å². The van der Waals surface area contributed by atoms with Gasteiger partial charge in [-0.15, -0.1) is 0 Å². The van der Waals surface area contributed by atoms with E-state index in [1.807, 2.05) is 6.92 Å². The molecule has 1 aliphatic carbocycles. The van der Waals surface area contributed by atoms with Crippen LogP contribution >= 0.6 is 0 Å². The molecule has 1 N–H and O–H groups in total. The van der Waals surface area contributed by atoms with Crippen molar-refractivity contribution in [2.45, 2.75) is 32.6 Å². The number of hydrogen-bond donors (Lipinski definition) is 1. The second-order valence-corrected chi connectivity index (χ2v) is 4.15. The second-order valence-electron chi connectivity index (χ2n) is 4.15. The number of nitrogens with one attached hydrogen (secondary N) is 1. The number of aryl methyl sites for hydroxylation is 1. The molecular formula is C11H14N4O2. The predicted molar refractivity (Wildman–Crippen MR) is 61.4 cm³/mol. The molecule has 0 saturated heterocycles. The summed E-state index contributed by atoms with van der Waals surface area (Å²) >= 11 is 0. The van der Waals surface area contributed by atoms with E-state index in [1.54, 1.807) is 0 Å². The van der Waals surface area contributed by atoms with E-state index in [4.69, 9.17) is 4.74 Å². The molecule has 0 fully saturated rings. The van der Waals surface area contributed by atoms with Crippen LogP contribution in [0.2, 0.25) is 0 Å². The van der Waals surface area contributed by atoms with E-state index in [9.17, 15) is 4.79 Å². The summed E-state index contributed by atoms with van der Waals surface area (Å²) < 4.78 is 6.61. The van der Waals surface area contributed by atoms with Gasteiger partial charge in [0.25, 0.3) is 11.3 Å². The third-order valence-electron chi connectivity index (χ3n) is 3.02. The second kappa shape index (κ2) is 3.87. The van der Waals surface area contributed by atoms with Gasteiger partial charge in [-0.05, 0) is 32.6 Å². The molecule has 17 heavy (non-hydrogen) atoms. The minimum absolute atomic E-state index is 0.0387. The summed E-state index contributed by atoms with van der Waals surface area (Å²) in [4.78, 5) is 20.8. The van der Waals surface area contributed by atoms with E-state index in [-0.39, 0.29) is 5.56 Å². The van der Waals surface area contributed by atoms with Gasteiger partial charge in [0.1, 0.15) is 0 Å². The van der Waals surface area contributed by atoms with Crippen molar-refractivity contribution < 1.29 is 4.74 Å². The Labute approximate surface area is 97.6 Å². The third-order valence-corrected chi connectivity index (χ3v) is 3.02. The van der Waals surface area contributed by atoms with Gasteiger partial charge in [-0.3, -0.25) is 4.79 Å². The zero-order valence-electron chi connectivity index (χ0n) is 9.69. The molecule has 6 nitrogen and oxygen atoms in total. The van der Waals surface area contributed by atoms with Crippen molar-refractivity contribution in [3.05, 3.63) is 21.6 Å². The average molecular weight is 234 g/mol. The van der Waals surface area contributed by atoms with Crippen molar-refractivity contribution in [2.24, 2.45) is 0 Å². The highest BCUT2D eigenvalue weighted by molar-refractivity contribution is 5.34. The maximum absolute atomic E-state index is 12.2. The molecule has 6 heteroatoms. The third kappa shape index (κ3) is 1.60. The highest BCUT2D eigenvalue weighted by Crippen LogP contribution is 2.16. The minimum atomic E-state index is -0.0387. The number of rotatable bonds is 2. The van der Waals surface area contributed by atoms with E-state index >= 15 is 0 Å². The maximum atomic E-state index is 12.2. The van der Waals surface area contributed by atoms with Gasteiger partial charge in [0, 0.05) is 5.56 Å². The van der Waals surface area contributed by atoms with Crippen LogP contribution in [0.1, 0.15) is 31.0 Å². The molecule has 0 unspecified atom stereocenters. The lowest BCUT2D eigenvalue weighted by Crippen LogP contribution is -2.25. The average Bonchev–Trinajstić information content (AvgIpc) is 2.73. The van der Waals surface area contributed by atoms with Crippen LogP contribution in [0, 0.1) is 0 Å². The molecule has 2 aromatic heterocycles. The summed E-state index contributed by atoms with van der Waals surface area (Å²) in [6.45, 7) is 2.38. The number of H-pyrrole nitrogens is 1. The van der Waals surface area contributed by atoms with E-state index in [0.29, 0.717) is 18.4 Å². The normalized spacial score (nSPS) is 14.9. The fraction of sp³-hybridized carbons (Fsp3) is 0.545. The molecule has 0 aromatic carbocycles. The van der Waals surface area contributed by atoms with E-state index < -0.39 is 0 Å². The molecule has 0 bridgehead atoms. The minimum Gasteiger partial charge on any atom is -0.464 e. The summed E-state index contributed by atoms with van der Waals surface area (Å²) in [5.41, 5.74) is 1.68. The molecule has 0 spiro atoms. The predicted octanol–water partition coefficient (Wildman–Crippen LogP) is 0.695. The van der Waals surface area contributed by atoms with Crippen molar-refractivity contribution in [1.29, 1.82) is 0 Å². The van der Waals surface area contributed by atoms with Gasteiger partial charge in [-0.25, -0.2) is 10.1 Å². The van der Waals surface area contributed by atoms with Gasteiger partial charge in [0.2, 0.25) is 0 Å². The van der Waals surface area contributed by atoms with Gasteiger partial charge < -0.3 is 4.74 Å². The number of hydrogen-bond acceptors (Lipinski definition) is 4. The first-order valence-electron chi connectivity index (χ1n) is 5.93. The SMILES string of the molecule is CCOc1nc2nc3c(c(=O)n2[nH]1)CCCC3. The molecule has 1 aliphatic rings. The number of ether oxygens (including phenoxy) is 1. The van der Waals surface area contributed by atoms with Gasteiger partial charge in [0.05, 0.1) is 12.3 Å². The van der Waals surface area contributed by atoms with Gasteiger partial charge in [-0.2, -0.15) is 9.50 Å². The molecule has 2 aromatic rings. The fourth-order valence-corrected chi connectivity index (χ4v) is 2.23. The Kier molecular flexibility index (Phi) is 2.35. The lowest BCUT2D eigenvalue weighted by Gasteiger charge is -2.12. The molecule has 3 rings (SSSR count). The Bertz CT molecular complexity index is 614. The first-order valence-corrected chi connectivity index (χ1v) is 5.93. The summed E-state index contributed by atoms with van der Waals surface area (Å²) in [5, 5.41) is 2.82. The maximum Gasteiger partial charge on any atom is 0.312 e. The van der Waals surface area contributed by atoms with Crippen LogP contribution in [0.4, 0.5) is 0 Å². The standard InChI is InChI=1S/C11H14N4O2/c1-2-17-11-13-10-12-8-6-4-3-5-7(8)9(16)15(10)14-11/h2-6H2,1H3,(H,12,13,14). The van der Waals surface area contributed by atoms with Crippen LogP contribution in [-0.2, 0) is 12.8 Å². The zero-order chi connectivity index (χ0) is 11.8. The fourth-order valence-electron chi connectivity index (χ4n) is 2.23. The lowest BCUT2D eigenvalue weighted by atomic mass is 9.97. The highest BCUT2D eigenvalue weighted by Gasteiger charge is 2.18. The smallest absolute Gasteiger partial charge is 0.312 e. The molecule has 0 radical (unpaired) electrons. The van der Waals surface area contributed by atoms with Crippen molar-refractivity contribution in [3.63, 3.8) is 0 Å². The largest absolute Gasteiger partial charge is 0.464 e. The summed E-state index contributed by atoms with van der Waals surface area (Å²) in [6.07, 6.45) is 3.84. The molecule has 2 heterocycles. The van der Waals surface area contributed by atoms with Crippen molar-refractivity contribution in [3.8, 4) is 6.01 Å². The number of aromatic amines is 1. The molecule has 0 atom stereocenters. The Hall–Kier alpha value is -1.85. The van der Waals surface area contributed by atoms with Crippen LogP contribution in [0.25, 0.3) is 5.78 Å². The monoisotopic (exact) mass is 234 g/mol. The van der Waals surface area contributed by atoms with Gasteiger partial charge in [0.15, 0.2) is 0 Å². The van der Waals surface area contributed by atoms with Crippen LogP contribution < -0.4 is 10.3 Å². The van der Waals surface area contributed by atoms with Crippen LogP contribution in [0.5, 0.6) is 6.01 Å². The summed E-state index contributed by atoms with van der Waals surface area (Å²) in [6, 6.07) is 0.347. The Morgan fingerprint density at radius 3 is 3.00 bits per heavy atom. The summed E-state index contributed by atoms with van der Waals surface area (Å²) in [5.74, 6) is 0.402. The van der Waals surface area contributed by atoms with Crippen LogP contribution in [-0.4, -0.2) is 26.2 Å². The highest BCUT2D eigenvalue weighted by atomic mass is 16.5. The van der Waals surface area contributed by atoms with Gasteiger partial charge >= 0.3 is 6.01 Å². The topological polar surface area (TPSA) is 72.3 Å². The molecule has 0 aliphatic heterocycles. The Balaban J connectivity index is 2.22. The zero-order valence-corrected chi connectivity index (χ0v) is 9.69. The first kappa shape index (κ1) is 10.3. The van der Waals surface area contributed by atoms with Crippen molar-refractivity contribution in [1.82, 2.24) is 19.6 Å². The number of fused-ring (bicyclic) bond motifs is 2. The number of nitrogens with zero attached hydrogens (tertiary/aromatic N) is 3. The van der Waals surface area contributed by atoms with Gasteiger partial charge in [-0.1, -0.05) is 0 Å². The number of aromatic nitrogens is 4. The first-order chi connectivity index (χ1) is 8.29. The van der Waals surface area contributed by atoms with Crippen LogP contribution in [0.15, 0.2) is 4.79 Å². The Morgan fingerprint density at radius 1 is 1.35 bits per heavy atom. The molecular weight excluding hydrogens is 220 g/mol. The quantitative estimate of drug-likeness (QED) is 0.830. The molecule has 0 amide bonds. The lowest BCUT2D eigenvalue weighted by molar-refractivity contribution is 0.313. The molecule has 90 valence electrons. The van der Waals surface area contributed by atoms with E-state index in [2.05, 4.69) is 15.1 Å². The molecule has 0 saturated carbocycles. The van der Waals surface area contributed by atoms with E-state index in [0.717, 1.165) is 36.9 Å². The van der Waals surface area contributed by atoms with Crippen molar-refractivity contribution in [2.75, 3.05) is 6.61 Å². The summed E-state index contributed by atoms with van der Waals surface area (Å²) in [7, 11) is 0.